The summed E-state index contributed by atoms with van der Waals surface area (Å²) in [4.78, 5) is 12.8. The van der Waals surface area contributed by atoms with Crippen LogP contribution in [0.25, 0.3) is 0 Å². The van der Waals surface area contributed by atoms with E-state index in [1.165, 1.54) is 5.01 Å². The van der Waals surface area contributed by atoms with E-state index in [4.69, 9.17) is 15.2 Å². The zero-order valence-electron chi connectivity index (χ0n) is 16.8. The van der Waals surface area contributed by atoms with Gasteiger partial charge in [0.25, 0.3) is 5.91 Å². The third kappa shape index (κ3) is 5.06. The minimum absolute atomic E-state index is 0.185. The lowest BCUT2D eigenvalue weighted by molar-refractivity contribution is -0.132. The van der Waals surface area contributed by atoms with Gasteiger partial charge in [0.1, 0.15) is 5.75 Å². The number of nitrogens with two attached hydrogens (primary N) is 1. The molecule has 154 valence electrons. The lowest BCUT2D eigenvalue weighted by Gasteiger charge is -2.26. The largest absolute Gasteiger partial charge is 0.508 e. The predicted molar refractivity (Wildman–Crippen MR) is 111 cm³/mol. The van der Waals surface area contributed by atoms with Crippen LogP contribution in [0.5, 0.6) is 17.2 Å². The van der Waals surface area contributed by atoms with Crippen LogP contribution >= 0.6 is 0 Å². The number of aromatic hydroxyl groups is 1. The molecule has 0 bridgehead atoms. The zero-order chi connectivity index (χ0) is 20.8. The van der Waals surface area contributed by atoms with Crippen LogP contribution in [0.2, 0.25) is 0 Å². The van der Waals surface area contributed by atoms with Gasteiger partial charge in [-0.2, -0.15) is 5.10 Å². The second-order valence-corrected chi connectivity index (χ2v) is 6.89. The molecule has 0 saturated heterocycles. The summed E-state index contributed by atoms with van der Waals surface area (Å²) < 4.78 is 11.0. The Morgan fingerprint density at radius 3 is 2.69 bits per heavy atom. The molecule has 3 rings (SSSR count). The van der Waals surface area contributed by atoms with Crippen molar-refractivity contribution in [3.05, 3.63) is 53.6 Å². The Balaban J connectivity index is 1.75. The van der Waals surface area contributed by atoms with E-state index >= 15 is 0 Å². The molecule has 2 aromatic carbocycles. The molecule has 0 spiro atoms. The van der Waals surface area contributed by atoms with Crippen LogP contribution in [-0.4, -0.2) is 48.0 Å². The first kappa shape index (κ1) is 20.7. The molecule has 1 atom stereocenters. The number of phenols is 1. The standard InChI is InChI=1S/C22H27N3O4/c1-3-29-21-14-16(8-11-20(21)28-2)19-5-4-12-25(24-19)22(27)18(23)13-15-6-9-17(26)10-7-15/h6-11,14,18,26H,3-5,12-13,23H2,1-2H3/t18-/m0/s1. The summed E-state index contributed by atoms with van der Waals surface area (Å²) in [6, 6.07) is 11.7. The van der Waals surface area contributed by atoms with Crippen molar-refractivity contribution in [2.75, 3.05) is 20.3 Å². The fourth-order valence-corrected chi connectivity index (χ4v) is 3.29. The Hall–Kier alpha value is -3.06. The molecule has 29 heavy (non-hydrogen) atoms. The monoisotopic (exact) mass is 397 g/mol. The molecule has 7 nitrogen and oxygen atoms in total. The molecule has 7 heteroatoms. The minimum atomic E-state index is -0.697. The second-order valence-electron chi connectivity index (χ2n) is 6.89. The minimum Gasteiger partial charge on any atom is -0.508 e. The summed E-state index contributed by atoms with van der Waals surface area (Å²) in [5.74, 6) is 1.29. The number of nitrogens with zero attached hydrogens (tertiary/aromatic N) is 2. The summed E-state index contributed by atoms with van der Waals surface area (Å²) in [5, 5.41) is 15.4. The van der Waals surface area contributed by atoms with Crippen LogP contribution in [0.3, 0.4) is 0 Å². The molecule has 1 heterocycles. The van der Waals surface area contributed by atoms with Crippen molar-refractivity contribution in [2.24, 2.45) is 10.8 Å². The number of rotatable bonds is 7. The van der Waals surface area contributed by atoms with Crippen LogP contribution in [0.1, 0.15) is 30.9 Å². The zero-order valence-corrected chi connectivity index (χ0v) is 16.8. The number of hydrogen-bond donors (Lipinski definition) is 2. The van der Waals surface area contributed by atoms with E-state index in [-0.39, 0.29) is 11.7 Å². The van der Waals surface area contributed by atoms with Crippen LogP contribution in [0, 0.1) is 0 Å². The van der Waals surface area contributed by atoms with Gasteiger partial charge in [-0.3, -0.25) is 4.79 Å². The molecule has 1 aliphatic rings. The first-order chi connectivity index (χ1) is 14.0. The SMILES string of the molecule is CCOc1cc(C2=NN(C(=O)[C@@H](N)Cc3ccc(O)cc3)CCC2)ccc1OC. The van der Waals surface area contributed by atoms with Gasteiger partial charge in [-0.05, 0) is 62.1 Å². The maximum absolute atomic E-state index is 12.8. The third-order valence-corrected chi connectivity index (χ3v) is 4.79. The van der Waals surface area contributed by atoms with Crippen LogP contribution < -0.4 is 15.2 Å². The summed E-state index contributed by atoms with van der Waals surface area (Å²) in [6.45, 7) is 2.99. The maximum Gasteiger partial charge on any atom is 0.259 e. The number of carbonyl (C=O) groups is 1. The van der Waals surface area contributed by atoms with Crippen molar-refractivity contribution >= 4 is 11.6 Å². The van der Waals surface area contributed by atoms with Gasteiger partial charge in [-0.25, -0.2) is 5.01 Å². The van der Waals surface area contributed by atoms with Gasteiger partial charge in [0.05, 0.1) is 25.5 Å². The van der Waals surface area contributed by atoms with E-state index in [0.717, 1.165) is 29.7 Å². The first-order valence-electron chi connectivity index (χ1n) is 9.75. The van der Waals surface area contributed by atoms with Gasteiger partial charge in [0.2, 0.25) is 0 Å². The van der Waals surface area contributed by atoms with E-state index in [9.17, 15) is 9.90 Å². The number of hydrogen-bond acceptors (Lipinski definition) is 6. The molecule has 0 aromatic heterocycles. The topological polar surface area (TPSA) is 97.4 Å². The smallest absolute Gasteiger partial charge is 0.259 e. The summed E-state index contributed by atoms with van der Waals surface area (Å²) in [6.07, 6.45) is 1.97. The third-order valence-electron chi connectivity index (χ3n) is 4.79. The van der Waals surface area contributed by atoms with E-state index in [1.807, 2.05) is 25.1 Å². The van der Waals surface area contributed by atoms with E-state index in [0.29, 0.717) is 31.1 Å². The molecule has 0 unspecified atom stereocenters. The van der Waals surface area contributed by atoms with Crippen LogP contribution in [0.15, 0.2) is 47.6 Å². The van der Waals surface area contributed by atoms with Gasteiger partial charge in [0, 0.05) is 12.1 Å². The number of methoxy groups -OCH3 is 1. The van der Waals surface area contributed by atoms with Gasteiger partial charge in [0.15, 0.2) is 11.5 Å². The highest BCUT2D eigenvalue weighted by Crippen LogP contribution is 2.29. The average Bonchev–Trinajstić information content (AvgIpc) is 2.75. The van der Waals surface area contributed by atoms with Crippen molar-refractivity contribution in [1.82, 2.24) is 5.01 Å². The molecular formula is C22H27N3O4. The number of phenolic OH excluding ortho intramolecular Hbond substituents is 1. The Morgan fingerprint density at radius 1 is 1.24 bits per heavy atom. The Labute approximate surface area is 170 Å². The molecule has 0 fully saturated rings. The Kier molecular flexibility index (Phi) is 6.72. The molecule has 0 aliphatic carbocycles. The van der Waals surface area contributed by atoms with Crippen molar-refractivity contribution in [3.8, 4) is 17.2 Å². The summed E-state index contributed by atoms with van der Waals surface area (Å²) in [5.41, 5.74) is 8.76. The summed E-state index contributed by atoms with van der Waals surface area (Å²) >= 11 is 0. The summed E-state index contributed by atoms with van der Waals surface area (Å²) in [7, 11) is 1.60. The molecule has 0 saturated carbocycles. The number of carbonyl (C=O) groups excluding carboxylic acids is 1. The van der Waals surface area contributed by atoms with E-state index < -0.39 is 6.04 Å². The van der Waals surface area contributed by atoms with Gasteiger partial charge < -0.3 is 20.3 Å². The van der Waals surface area contributed by atoms with Crippen molar-refractivity contribution < 1.29 is 19.4 Å². The van der Waals surface area contributed by atoms with Crippen LogP contribution in [-0.2, 0) is 11.2 Å². The van der Waals surface area contributed by atoms with Gasteiger partial charge in [-0.15, -0.1) is 0 Å². The van der Waals surface area contributed by atoms with Gasteiger partial charge >= 0.3 is 0 Å². The van der Waals surface area contributed by atoms with E-state index in [1.54, 1.807) is 31.4 Å². The fourth-order valence-electron chi connectivity index (χ4n) is 3.29. The number of hydrazone groups is 1. The second kappa shape index (κ2) is 9.43. The lowest BCUT2D eigenvalue weighted by atomic mass is 10.0. The van der Waals surface area contributed by atoms with Crippen LogP contribution in [0.4, 0.5) is 0 Å². The van der Waals surface area contributed by atoms with E-state index in [2.05, 4.69) is 5.10 Å². The highest BCUT2D eigenvalue weighted by atomic mass is 16.5. The van der Waals surface area contributed by atoms with Crippen molar-refractivity contribution in [3.63, 3.8) is 0 Å². The van der Waals surface area contributed by atoms with Crippen molar-refractivity contribution in [1.29, 1.82) is 0 Å². The Morgan fingerprint density at radius 2 is 2.00 bits per heavy atom. The normalized spacial score (nSPS) is 14.9. The Bertz CT molecular complexity index is 880. The fraction of sp³-hybridized carbons (Fsp3) is 0.364. The predicted octanol–water partition coefficient (Wildman–Crippen LogP) is 2.70. The number of amides is 1. The van der Waals surface area contributed by atoms with Gasteiger partial charge in [-0.1, -0.05) is 12.1 Å². The molecular weight excluding hydrogens is 370 g/mol. The van der Waals surface area contributed by atoms with Crippen molar-refractivity contribution in [2.45, 2.75) is 32.2 Å². The maximum atomic E-state index is 12.8. The average molecular weight is 397 g/mol. The number of benzene rings is 2. The number of ether oxygens (including phenoxy) is 2. The highest BCUT2D eigenvalue weighted by Gasteiger charge is 2.25. The molecule has 0 radical (unpaired) electrons. The molecule has 3 N–H and O–H groups in total. The molecule has 2 aromatic rings. The molecule has 1 aliphatic heterocycles. The molecule has 1 amide bonds. The first-order valence-corrected chi connectivity index (χ1v) is 9.75. The quantitative estimate of drug-likeness (QED) is 0.749. The highest BCUT2D eigenvalue weighted by molar-refractivity contribution is 6.02. The lowest BCUT2D eigenvalue weighted by Crippen LogP contribution is -2.44.